The van der Waals surface area contributed by atoms with Gasteiger partial charge in [0.1, 0.15) is 5.82 Å². The van der Waals surface area contributed by atoms with Crippen LogP contribution < -0.4 is 0 Å². The molecule has 0 atom stereocenters. The summed E-state index contributed by atoms with van der Waals surface area (Å²) in [5.41, 5.74) is 2.10. The molecule has 130 valence electrons. The number of para-hydroxylation sites is 1. The summed E-state index contributed by atoms with van der Waals surface area (Å²) >= 11 is 17.7. The second-order valence-corrected chi connectivity index (χ2v) is 7.08. The normalized spacial score (nSPS) is 11.2. The molecule has 0 aliphatic carbocycles. The molecule has 1 aromatic heterocycles. The van der Waals surface area contributed by atoms with Gasteiger partial charge in [0.05, 0.1) is 16.7 Å². The number of nitrogens with zero attached hydrogens (tertiary/aromatic N) is 4. The predicted molar refractivity (Wildman–Crippen MR) is 105 cm³/mol. The highest BCUT2D eigenvalue weighted by atomic mass is 35.5. The van der Waals surface area contributed by atoms with E-state index in [9.17, 15) is 0 Å². The van der Waals surface area contributed by atoms with Crippen molar-refractivity contribution in [3.8, 4) is 5.69 Å². The van der Waals surface area contributed by atoms with Crippen molar-refractivity contribution in [2.75, 3.05) is 7.05 Å². The van der Waals surface area contributed by atoms with Crippen LogP contribution in [0.4, 0.5) is 0 Å². The molecule has 3 rings (SSSR count). The lowest BCUT2D eigenvalue weighted by atomic mass is 10.2. The molecule has 0 saturated heterocycles. The van der Waals surface area contributed by atoms with Crippen molar-refractivity contribution in [2.24, 2.45) is 0 Å². The predicted octanol–water partition coefficient (Wildman–Crippen LogP) is 5.11. The van der Waals surface area contributed by atoms with Crippen molar-refractivity contribution in [1.82, 2.24) is 19.2 Å². The standard InChI is InChI=1S/C18H18Cl2N4S/c1-13-21-23(18(25)24(13)15-6-4-3-5-7-15)12-22(2)11-14-8-9-16(19)17(20)10-14/h3-10H,11-12H2,1-2H3. The van der Waals surface area contributed by atoms with Crippen molar-refractivity contribution >= 4 is 35.4 Å². The first-order valence-electron chi connectivity index (χ1n) is 7.80. The van der Waals surface area contributed by atoms with E-state index < -0.39 is 0 Å². The maximum absolute atomic E-state index is 6.09. The van der Waals surface area contributed by atoms with Gasteiger partial charge in [0.25, 0.3) is 0 Å². The third-order valence-corrected chi connectivity index (χ3v) is 4.96. The number of hydrogen-bond acceptors (Lipinski definition) is 3. The van der Waals surface area contributed by atoms with Crippen LogP contribution in [0.3, 0.4) is 0 Å². The first-order chi connectivity index (χ1) is 12.0. The Bertz CT molecular complexity index is 934. The summed E-state index contributed by atoms with van der Waals surface area (Å²) < 4.78 is 4.47. The van der Waals surface area contributed by atoms with Crippen LogP contribution in [-0.2, 0) is 13.2 Å². The Morgan fingerprint density at radius 3 is 2.48 bits per heavy atom. The van der Waals surface area contributed by atoms with E-state index in [2.05, 4.69) is 10.00 Å². The van der Waals surface area contributed by atoms with Gasteiger partial charge < -0.3 is 0 Å². The highest BCUT2D eigenvalue weighted by Crippen LogP contribution is 2.23. The van der Waals surface area contributed by atoms with Crippen LogP contribution in [0.5, 0.6) is 0 Å². The summed E-state index contributed by atoms with van der Waals surface area (Å²) in [4.78, 5) is 2.12. The van der Waals surface area contributed by atoms with Crippen molar-refractivity contribution in [3.05, 3.63) is 74.7 Å². The molecule has 0 saturated carbocycles. The summed E-state index contributed by atoms with van der Waals surface area (Å²) in [7, 11) is 2.02. The molecule has 0 bridgehead atoms. The molecule has 0 aliphatic heterocycles. The number of benzene rings is 2. The van der Waals surface area contributed by atoms with Gasteiger partial charge in [0, 0.05) is 12.2 Å². The van der Waals surface area contributed by atoms with Gasteiger partial charge in [0.2, 0.25) is 4.77 Å². The summed E-state index contributed by atoms with van der Waals surface area (Å²) in [6.07, 6.45) is 0. The zero-order valence-electron chi connectivity index (χ0n) is 14.0. The minimum absolute atomic E-state index is 0.563. The zero-order valence-corrected chi connectivity index (χ0v) is 16.3. The van der Waals surface area contributed by atoms with Gasteiger partial charge in [-0.25, -0.2) is 4.68 Å². The molecule has 4 nitrogen and oxygen atoms in total. The van der Waals surface area contributed by atoms with E-state index in [1.54, 1.807) is 0 Å². The maximum atomic E-state index is 6.09. The molecule has 25 heavy (non-hydrogen) atoms. The molecule has 0 radical (unpaired) electrons. The molecule has 2 aromatic carbocycles. The third kappa shape index (κ3) is 4.12. The van der Waals surface area contributed by atoms with Crippen molar-refractivity contribution < 1.29 is 0 Å². The fourth-order valence-electron chi connectivity index (χ4n) is 2.71. The molecule has 0 N–H and O–H groups in total. The fourth-order valence-corrected chi connectivity index (χ4v) is 3.37. The molecule has 1 heterocycles. The number of hydrogen-bond donors (Lipinski definition) is 0. The number of rotatable bonds is 5. The van der Waals surface area contributed by atoms with Crippen LogP contribution >= 0.6 is 35.4 Å². The average Bonchev–Trinajstić information content (AvgIpc) is 2.85. The minimum Gasteiger partial charge on any atom is -0.283 e. The SMILES string of the molecule is Cc1nn(CN(C)Cc2ccc(Cl)c(Cl)c2)c(=S)n1-c1ccccc1. The summed E-state index contributed by atoms with van der Waals surface area (Å²) in [5, 5.41) is 5.71. The van der Waals surface area contributed by atoms with Gasteiger partial charge in [-0.15, -0.1) is 0 Å². The molecule has 0 unspecified atom stereocenters. The van der Waals surface area contributed by atoms with Gasteiger partial charge in [-0.3, -0.25) is 9.47 Å². The molecule has 0 spiro atoms. The number of halogens is 2. The van der Waals surface area contributed by atoms with Gasteiger partial charge in [0.15, 0.2) is 0 Å². The van der Waals surface area contributed by atoms with Gasteiger partial charge in [-0.2, -0.15) is 5.10 Å². The highest BCUT2D eigenvalue weighted by molar-refractivity contribution is 7.71. The number of aromatic nitrogens is 3. The second-order valence-electron chi connectivity index (χ2n) is 5.90. The smallest absolute Gasteiger partial charge is 0.203 e. The average molecular weight is 393 g/mol. The van der Waals surface area contributed by atoms with E-state index in [0.29, 0.717) is 21.5 Å². The Balaban J connectivity index is 1.79. The Morgan fingerprint density at radius 2 is 1.80 bits per heavy atom. The second kappa shape index (κ2) is 7.70. The topological polar surface area (TPSA) is 26.0 Å². The third-order valence-electron chi connectivity index (χ3n) is 3.83. The van der Waals surface area contributed by atoms with E-state index >= 15 is 0 Å². The van der Waals surface area contributed by atoms with Gasteiger partial charge in [-0.1, -0.05) is 47.5 Å². The van der Waals surface area contributed by atoms with E-state index in [-0.39, 0.29) is 0 Å². The highest BCUT2D eigenvalue weighted by Gasteiger charge is 2.11. The summed E-state index contributed by atoms with van der Waals surface area (Å²) in [6, 6.07) is 15.7. The lowest BCUT2D eigenvalue weighted by Gasteiger charge is -2.16. The van der Waals surface area contributed by atoms with Gasteiger partial charge in [-0.05, 0) is 56.0 Å². The molecule has 7 heteroatoms. The van der Waals surface area contributed by atoms with Crippen LogP contribution in [0.15, 0.2) is 48.5 Å². The van der Waals surface area contributed by atoms with Gasteiger partial charge >= 0.3 is 0 Å². The lowest BCUT2D eigenvalue weighted by molar-refractivity contribution is 0.244. The van der Waals surface area contributed by atoms with Crippen LogP contribution in [0.2, 0.25) is 10.0 Å². The van der Waals surface area contributed by atoms with Crippen molar-refractivity contribution in [1.29, 1.82) is 0 Å². The quantitative estimate of drug-likeness (QED) is 0.564. The first-order valence-corrected chi connectivity index (χ1v) is 8.96. The Hall–Kier alpha value is -1.66. The Labute approximate surface area is 162 Å². The van der Waals surface area contributed by atoms with Crippen LogP contribution in [-0.4, -0.2) is 26.3 Å². The van der Waals surface area contributed by atoms with Crippen LogP contribution in [0.1, 0.15) is 11.4 Å². The molecule has 0 amide bonds. The Morgan fingerprint density at radius 1 is 1.08 bits per heavy atom. The monoisotopic (exact) mass is 392 g/mol. The largest absolute Gasteiger partial charge is 0.283 e. The molecular formula is C18H18Cl2N4S. The van der Waals surface area contributed by atoms with E-state index in [4.69, 9.17) is 35.4 Å². The maximum Gasteiger partial charge on any atom is 0.203 e. The summed E-state index contributed by atoms with van der Waals surface area (Å²) in [5.74, 6) is 0.860. The molecule has 3 aromatic rings. The first kappa shape index (κ1) is 18.1. The Kier molecular flexibility index (Phi) is 5.59. The molecular weight excluding hydrogens is 375 g/mol. The van der Waals surface area contributed by atoms with Crippen LogP contribution in [0, 0.1) is 11.7 Å². The molecule has 0 aliphatic rings. The minimum atomic E-state index is 0.563. The molecule has 0 fully saturated rings. The lowest BCUT2D eigenvalue weighted by Crippen LogP contribution is -2.22. The summed E-state index contributed by atoms with van der Waals surface area (Å²) in [6.45, 7) is 3.26. The number of aryl methyl sites for hydroxylation is 1. The van der Waals surface area contributed by atoms with E-state index in [0.717, 1.165) is 23.6 Å². The zero-order chi connectivity index (χ0) is 18.0. The van der Waals surface area contributed by atoms with E-state index in [1.807, 2.05) is 71.8 Å². The van der Waals surface area contributed by atoms with Crippen molar-refractivity contribution in [3.63, 3.8) is 0 Å². The fraction of sp³-hybridized carbons (Fsp3) is 0.222. The van der Waals surface area contributed by atoms with Crippen LogP contribution in [0.25, 0.3) is 5.69 Å². The van der Waals surface area contributed by atoms with E-state index in [1.165, 1.54) is 0 Å². The van der Waals surface area contributed by atoms with Crippen molar-refractivity contribution in [2.45, 2.75) is 20.1 Å².